The first-order valence-corrected chi connectivity index (χ1v) is 7.75. The van der Waals surface area contributed by atoms with Crippen LogP contribution in [-0.4, -0.2) is 51.2 Å². The molecular weight excluding hydrogens is 302 g/mol. The summed E-state index contributed by atoms with van der Waals surface area (Å²) in [5.41, 5.74) is 2.65. The van der Waals surface area contributed by atoms with E-state index in [1.54, 1.807) is 0 Å². The van der Waals surface area contributed by atoms with Gasteiger partial charge in [0.2, 0.25) is 0 Å². The molecule has 3 nitrogen and oxygen atoms in total. The van der Waals surface area contributed by atoms with Crippen LogP contribution in [0.15, 0.2) is 22.7 Å². The summed E-state index contributed by atoms with van der Waals surface area (Å²) in [5.74, 6) is 0. The molecular formula is C15H24BrN3. The lowest BCUT2D eigenvalue weighted by Crippen LogP contribution is -2.50. The van der Waals surface area contributed by atoms with Gasteiger partial charge in [-0.15, -0.1) is 0 Å². The van der Waals surface area contributed by atoms with Gasteiger partial charge in [0.15, 0.2) is 0 Å². The third-order valence-electron chi connectivity index (χ3n) is 4.02. The maximum absolute atomic E-state index is 3.56. The summed E-state index contributed by atoms with van der Waals surface area (Å²) in [6, 6.07) is 7.14. The van der Waals surface area contributed by atoms with E-state index in [2.05, 4.69) is 70.3 Å². The van der Waals surface area contributed by atoms with E-state index < -0.39 is 0 Å². The SMILES string of the molecule is Cc1ccc(Br)cc1N(C)CCC1CNCCN1C. The maximum Gasteiger partial charge on any atom is 0.0404 e. The number of benzene rings is 1. The van der Waals surface area contributed by atoms with Gasteiger partial charge in [-0.1, -0.05) is 22.0 Å². The smallest absolute Gasteiger partial charge is 0.0404 e. The summed E-state index contributed by atoms with van der Waals surface area (Å²) >= 11 is 3.56. The van der Waals surface area contributed by atoms with Crippen LogP contribution in [0.25, 0.3) is 0 Å². The summed E-state index contributed by atoms with van der Waals surface area (Å²) < 4.78 is 1.15. The van der Waals surface area contributed by atoms with Crippen LogP contribution in [0.2, 0.25) is 0 Å². The number of piperazine rings is 1. The zero-order chi connectivity index (χ0) is 13.8. The van der Waals surface area contributed by atoms with Crippen molar-refractivity contribution in [2.75, 3.05) is 45.2 Å². The lowest BCUT2D eigenvalue weighted by molar-refractivity contribution is 0.192. The largest absolute Gasteiger partial charge is 0.374 e. The van der Waals surface area contributed by atoms with E-state index in [-0.39, 0.29) is 0 Å². The van der Waals surface area contributed by atoms with Gasteiger partial charge in [0, 0.05) is 49.4 Å². The number of nitrogens with one attached hydrogen (secondary N) is 1. The van der Waals surface area contributed by atoms with Crippen molar-refractivity contribution in [2.45, 2.75) is 19.4 Å². The first-order valence-electron chi connectivity index (χ1n) is 6.96. The average molecular weight is 326 g/mol. The van der Waals surface area contributed by atoms with E-state index in [4.69, 9.17) is 0 Å². The van der Waals surface area contributed by atoms with Gasteiger partial charge in [-0.3, -0.25) is 0 Å². The molecule has 0 radical (unpaired) electrons. The third kappa shape index (κ3) is 3.94. The van der Waals surface area contributed by atoms with Crippen molar-refractivity contribution in [1.82, 2.24) is 10.2 Å². The van der Waals surface area contributed by atoms with Crippen molar-refractivity contribution < 1.29 is 0 Å². The van der Waals surface area contributed by atoms with Crippen molar-refractivity contribution in [1.29, 1.82) is 0 Å². The topological polar surface area (TPSA) is 18.5 Å². The molecule has 1 N–H and O–H groups in total. The zero-order valence-corrected chi connectivity index (χ0v) is 13.7. The molecule has 1 aliphatic heterocycles. The van der Waals surface area contributed by atoms with Crippen LogP contribution in [0.5, 0.6) is 0 Å². The van der Waals surface area contributed by atoms with Crippen molar-refractivity contribution in [2.24, 2.45) is 0 Å². The van der Waals surface area contributed by atoms with Gasteiger partial charge < -0.3 is 15.1 Å². The van der Waals surface area contributed by atoms with E-state index in [0.717, 1.165) is 30.7 Å². The van der Waals surface area contributed by atoms with E-state index in [1.807, 2.05) is 0 Å². The molecule has 0 bridgehead atoms. The van der Waals surface area contributed by atoms with Crippen molar-refractivity contribution in [3.63, 3.8) is 0 Å². The van der Waals surface area contributed by atoms with Crippen LogP contribution < -0.4 is 10.2 Å². The van der Waals surface area contributed by atoms with Gasteiger partial charge in [-0.05, 0) is 38.1 Å². The predicted molar refractivity (Wildman–Crippen MR) is 86.1 cm³/mol. The molecule has 1 heterocycles. The Morgan fingerprint density at radius 3 is 3.00 bits per heavy atom. The van der Waals surface area contributed by atoms with Gasteiger partial charge in [0.05, 0.1) is 0 Å². The maximum atomic E-state index is 3.56. The fraction of sp³-hybridized carbons (Fsp3) is 0.600. The van der Waals surface area contributed by atoms with E-state index in [9.17, 15) is 0 Å². The predicted octanol–water partition coefficient (Wildman–Crippen LogP) is 2.49. The van der Waals surface area contributed by atoms with Crippen LogP contribution in [0.3, 0.4) is 0 Å². The number of hydrogen-bond acceptors (Lipinski definition) is 3. The third-order valence-corrected chi connectivity index (χ3v) is 4.52. The zero-order valence-electron chi connectivity index (χ0n) is 12.1. The van der Waals surface area contributed by atoms with E-state index in [0.29, 0.717) is 6.04 Å². The van der Waals surface area contributed by atoms with Crippen LogP contribution in [0.1, 0.15) is 12.0 Å². The van der Waals surface area contributed by atoms with Gasteiger partial charge >= 0.3 is 0 Å². The highest BCUT2D eigenvalue weighted by molar-refractivity contribution is 9.10. The fourth-order valence-corrected chi connectivity index (χ4v) is 2.99. The molecule has 2 rings (SSSR count). The summed E-state index contributed by atoms with van der Waals surface area (Å²) in [5, 5.41) is 3.48. The highest BCUT2D eigenvalue weighted by Crippen LogP contribution is 2.24. The van der Waals surface area contributed by atoms with Gasteiger partial charge in [0.25, 0.3) is 0 Å². The Morgan fingerprint density at radius 2 is 2.26 bits per heavy atom. The van der Waals surface area contributed by atoms with Gasteiger partial charge in [-0.25, -0.2) is 0 Å². The lowest BCUT2D eigenvalue weighted by Gasteiger charge is -2.34. The van der Waals surface area contributed by atoms with Crippen molar-refractivity contribution in [3.05, 3.63) is 28.2 Å². The molecule has 19 heavy (non-hydrogen) atoms. The number of nitrogens with zero attached hydrogens (tertiary/aromatic N) is 2. The van der Waals surface area contributed by atoms with Crippen molar-refractivity contribution >= 4 is 21.6 Å². The minimum absolute atomic E-state index is 0.656. The molecule has 1 aliphatic rings. The molecule has 1 unspecified atom stereocenters. The molecule has 1 aromatic rings. The average Bonchev–Trinajstić information content (AvgIpc) is 2.40. The number of anilines is 1. The van der Waals surface area contributed by atoms with Crippen LogP contribution in [0.4, 0.5) is 5.69 Å². The summed E-state index contributed by atoms with van der Waals surface area (Å²) in [7, 11) is 4.42. The first-order chi connectivity index (χ1) is 9.08. The molecule has 0 aliphatic carbocycles. The minimum Gasteiger partial charge on any atom is -0.374 e. The second-order valence-corrected chi connectivity index (χ2v) is 6.40. The fourth-order valence-electron chi connectivity index (χ4n) is 2.64. The summed E-state index contributed by atoms with van der Waals surface area (Å²) in [4.78, 5) is 4.83. The molecule has 0 amide bonds. The number of aryl methyl sites for hydroxylation is 1. The Labute approximate surface area is 125 Å². The molecule has 0 spiro atoms. The van der Waals surface area contributed by atoms with Crippen LogP contribution >= 0.6 is 15.9 Å². The standard InChI is InChI=1S/C15H24BrN3/c1-12-4-5-13(16)10-15(12)19(3)8-6-14-11-17-7-9-18(14)2/h4-5,10,14,17H,6-9,11H2,1-3H3. The molecule has 1 saturated heterocycles. The van der Waals surface area contributed by atoms with Crippen LogP contribution in [-0.2, 0) is 0 Å². The molecule has 0 aromatic heterocycles. The quantitative estimate of drug-likeness (QED) is 0.917. The minimum atomic E-state index is 0.656. The number of hydrogen-bond donors (Lipinski definition) is 1. The monoisotopic (exact) mass is 325 g/mol. The normalized spacial score (nSPS) is 20.5. The van der Waals surface area contributed by atoms with Gasteiger partial charge in [0.1, 0.15) is 0 Å². The number of likely N-dealkylation sites (N-methyl/N-ethyl adjacent to an activating group) is 1. The molecule has 1 fully saturated rings. The first kappa shape index (κ1) is 14.8. The second-order valence-electron chi connectivity index (χ2n) is 5.48. The van der Waals surface area contributed by atoms with E-state index >= 15 is 0 Å². The molecule has 4 heteroatoms. The highest BCUT2D eigenvalue weighted by Gasteiger charge is 2.18. The highest BCUT2D eigenvalue weighted by atomic mass is 79.9. The molecule has 0 saturated carbocycles. The Kier molecular flexibility index (Phi) is 5.25. The number of halogens is 1. The Bertz CT molecular complexity index is 422. The second kappa shape index (κ2) is 6.73. The Balaban J connectivity index is 1.93. The summed E-state index contributed by atoms with van der Waals surface area (Å²) in [6.45, 7) is 6.65. The lowest BCUT2D eigenvalue weighted by atomic mass is 10.1. The molecule has 1 aromatic carbocycles. The Hall–Kier alpha value is -0.580. The summed E-state index contributed by atoms with van der Waals surface area (Å²) in [6.07, 6.45) is 1.20. The molecule has 1 atom stereocenters. The number of rotatable bonds is 4. The Morgan fingerprint density at radius 1 is 1.47 bits per heavy atom. The van der Waals surface area contributed by atoms with Gasteiger partial charge in [-0.2, -0.15) is 0 Å². The van der Waals surface area contributed by atoms with E-state index in [1.165, 1.54) is 17.7 Å². The van der Waals surface area contributed by atoms with Crippen molar-refractivity contribution in [3.8, 4) is 0 Å². The molecule has 106 valence electrons. The van der Waals surface area contributed by atoms with Crippen LogP contribution in [0, 0.1) is 6.92 Å².